The number of rotatable bonds is 10. The van der Waals surface area contributed by atoms with E-state index in [0.717, 1.165) is 17.7 Å². The topological polar surface area (TPSA) is 106 Å². The van der Waals surface area contributed by atoms with Crippen molar-refractivity contribution in [3.05, 3.63) is 76.4 Å². The van der Waals surface area contributed by atoms with Gasteiger partial charge in [0.25, 0.3) is 0 Å². The molecule has 0 aliphatic carbocycles. The molecule has 0 fully saturated rings. The van der Waals surface area contributed by atoms with E-state index in [2.05, 4.69) is 9.97 Å². The van der Waals surface area contributed by atoms with Crippen LogP contribution in [0.1, 0.15) is 59.8 Å². The fraction of sp³-hybridized carbons (Fsp3) is 0.452. The third-order valence-electron chi connectivity index (χ3n) is 7.63. The molecule has 2 aromatic carbocycles. The average Bonchev–Trinajstić information content (AvgIpc) is 3.53. The number of carbonyl (C=O) groups is 2. The molecule has 2 atom stereocenters. The molecule has 0 saturated heterocycles. The molecular formula is C31H34F6N4O6. The number of carbonyl (C=O) groups excluding carboxylic acids is 2. The van der Waals surface area contributed by atoms with Crippen LogP contribution in [0.4, 0.5) is 41.6 Å². The van der Waals surface area contributed by atoms with Crippen LogP contribution in [0, 0.1) is 0 Å². The minimum Gasteiger partial charge on any atom is -0.496 e. The first-order valence-corrected chi connectivity index (χ1v) is 14.5. The molecule has 16 heteroatoms. The Bertz CT molecular complexity index is 1510. The number of fused-ring (bicyclic) bond motifs is 1. The number of aromatic amines is 1. The molecule has 0 radical (unpaired) electrons. The molecule has 0 spiro atoms. The normalized spacial score (nSPS) is 16.4. The molecule has 10 nitrogen and oxygen atoms in total. The molecule has 47 heavy (non-hydrogen) atoms. The number of imidazole rings is 1. The number of anilines is 1. The highest BCUT2D eigenvalue weighted by molar-refractivity contribution is 5.91. The van der Waals surface area contributed by atoms with E-state index in [0.29, 0.717) is 47.7 Å². The van der Waals surface area contributed by atoms with Crippen molar-refractivity contribution >= 4 is 17.9 Å². The van der Waals surface area contributed by atoms with Gasteiger partial charge in [0, 0.05) is 42.0 Å². The van der Waals surface area contributed by atoms with E-state index in [1.165, 1.54) is 12.0 Å². The quantitative estimate of drug-likeness (QED) is 0.178. The summed E-state index contributed by atoms with van der Waals surface area (Å²) < 4.78 is 104. The van der Waals surface area contributed by atoms with Crippen molar-refractivity contribution in [1.29, 1.82) is 0 Å². The highest BCUT2D eigenvalue weighted by Crippen LogP contribution is 2.45. The first-order chi connectivity index (χ1) is 22.2. The van der Waals surface area contributed by atoms with E-state index in [-0.39, 0.29) is 25.7 Å². The van der Waals surface area contributed by atoms with Gasteiger partial charge in [0.05, 0.1) is 63.2 Å². The van der Waals surface area contributed by atoms with Crippen molar-refractivity contribution in [2.75, 3.05) is 32.3 Å². The van der Waals surface area contributed by atoms with Gasteiger partial charge in [-0.25, -0.2) is 14.6 Å². The molecule has 1 N–H and O–H groups in total. The maximum atomic E-state index is 13.6. The van der Waals surface area contributed by atoms with E-state index in [4.69, 9.17) is 18.9 Å². The van der Waals surface area contributed by atoms with Crippen LogP contribution < -0.4 is 9.64 Å². The van der Waals surface area contributed by atoms with Crippen LogP contribution in [-0.4, -0.2) is 60.5 Å². The maximum Gasteiger partial charge on any atom is 0.416 e. The number of alkyl halides is 6. The molecule has 2 heterocycles. The molecule has 256 valence electrons. The molecule has 1 aliphatic heterocycles. The van der Waals surface area contributed by atoms with E-state index in [9.17, 15) is 35.9 Å². The van der Waals surface area contributed by atoms with Crippen molar-refractivity contribution in [3.63, 3.8) is 0 Å². The van der Waals surface area contributed by atoms with Crippen LogP contribution in [-0.2, 0) is 46.1 Å². The van der Waals surface area contributed by atoms with E-state index < -0.39 is 59.9 Å². The molecule has 4 rings (SSSR count). The number of ether oxygens (including phenoxy) is 4. The molecule has 0 bridgehead atoms. The molecule has 0 saturated carbocycles. The third-order valence-corrected chi connectivity index (χ3v) is 7.63. The lowest BCUT2D eigenvalue weighted by Crippen LogP contribution is -2.47. The number of benzene rings is 2. The van der Waals surface area contributed by atoms with Gasteiger partial charge in [0.15, 0.2) is 0 Å². The van der Waals surface area contributed by atoms with E-state index in [1.54, 1.807) is 38.5 Å². The molecular weight excluding hydrogens is 638 g/mol. The van der Waals surface area contributed by atoms with Gasteiger partial charge in [-0.15, -0.1) is 0 Å². The van der Waals surface area contributed by atoms with E-state index in [1.807, 2.05) is 0 Å². The average molecular weight is 673 g/mol. The fourth-order valence-corrected chi connectivity index (χ4v) is 5.48. The number of nitrogens with one attached hydrogen (secondary N) is 1. The van der Waals surface area contributed by atoms with Gasteiger partial charge >= 0.3 is 24.5 Å². The Balaban J connectivity index is 1.78. The predicted molar refractivity (Wildman–Crippen MR) is 156 cm³/mol. The summed E-state index contributed by atoms with van der Waals surface area (Å²) in [7, 11) is 2.45. The second-order valence-corrected chi connectivity index (χ2v) is 10.8. The lowest BCUT2D eigenvalue weighted by Gasteiger charge is -2.43. The molecule has 1 aliphatic rings. The zero-order valence-corrected chi connectivity index (χ0v) is 26.0. The zero-order chi connectivity index (χ0) is 34.5. The van der Waals surface area contributed by atoms with Crippen LogP contribution in [0.25, 0.3) is 0 Å². The molecule has 1 aromatic heterocycles. The Morgan fingerprint density at radius 3 is 2.28 bits per heavy atom. The Kier molecular flexibility index (Phi) is 10.9. The number of nitrogens with zero attached hydrogens (tertiary/aromatic N) is 3. The molecule has 2 unspecified atom stereocenters. The number of H-pyrrole nitrogens is 1. The SMILES string of the molecule is CCOC(=O)N1c2cc(COCCc3cnc[nH]3)c(OC)cc2C(N(Cc2cc(C(F)(F)F)cc(C(F)(F)F)c2)C(=O)OC)CC1C. The smallest absolute Gasteiger partial charge is 0.416 e. The van der Waals surface area contributed by atoms with Crippen molar-refractivity contribution in [2.24, 2.45) is 0 Å². The Morgan fingerprint density at radius 2 is 1.72 bits per heavy atom. The number of aromatic nitrogens is 2. The summed E-state index contributed by atoms with van der Waals surface area (Å²) >= 11 is 0. The summed E-state index contributed by atoms with van der Waals surface area (Å²) in [5.74, 6) is 0.317. The fourth-order valence-electron chi connectivity index (χ4n) is 5.48. The third kappa shape index (κ3) is 8.28. The minimum absolute atomic E-state index is 0.0185. The van der Waals surface area contributed by atoms with E-state index >= 15 is 0 Å². The lowest BCUT2D eigenvalue weighted by atomic mass is 9.89. The molecule has 2 amide bonds. The summed E-state index contributed by atoms with van der Waals surface area (Å²) in [5, 5.41) is 0. The number of hydrogen-bond donors (Lipinski definition) is 1. The highest BCUT2D eigenvalue weighted by atomic mass is 19.4. The lowest BCUT2D eigenvalue weighted by molar-refractivity contribution is -0.143. The van der Waals surface area contributed by atoms with Crippen LogP contribution in [0.15, 0.2) is 42.9 Å². The van der Waals surface area contributed by atoms with Gasteiger partial charge < -0.3 is 23.9 Å². The van der Waals surface area contributed by atoms with Crippen LogP contribution >= 0.6 is 0 Å². The number of methoxy groups -OCH3 is 2. The summed E-state index contributed by atoms with van der Waals surface area (Å²) in [6.07, 6.45) is -8.07. The van der Waals surface area contributed by atoms with Crippen molar-refractivity contribution in [1.82, 2.24) is 14.9 Å². The Labute approximate surface area is 266 Å². The standard InChI is InChI=1S/C31H34F6N4O6/c1-5-47-29(43)41-18(2)8-25(24-13-27(44-3)20(11-26(24)41)16-46-7-6-23-14-38-17-39-23)40(28(42)45-4)15-19-9-21(30(32,33)34)12-22(10-19)31(35,36)37/h9-14,17-18,25H,5-8,15-16H2,1-4H3,(H,38,39). The summed E-state index contributed by atoms with van der Waals surface area (Å²) in [4.78, 5) is 35.7. The van der Waals surface area contributed by atoms with Crippen LogP contribution in [0.3, 0.4) is 0 Å². The number of amides is 2. The maximum absolute atomic E-state index is 13.6. The van der Waals surface area contributed by atoms with Crippen LogP contribution in [0.2, 0.25) is 0 Å². The second kappa shape index (κ2) is 14.5. The van der Waals surface area contributed by atoms with Gasteiger partial charge in [0.1, 0.15) is 5.75 Å². The minimum atomic E-state index is -5.08. The van der Waals surface area contributed by atoms with Crippen LogP contribution in [0.5, 0.6) is 5.75 Å². The zero-order valence-electron chi connectivity index (χ0n) is 26.0. The summed E-state index contributed by atoms with van der Waals surface area (Å²) in [5.41, 5.74) is -1.42. The highest BCUT2D eigenvalue weighted by Gasteiger charge is 2.41. The molecule has 3 aromatic rings. The van der Waals surface area contributed by atoms with Gasteiger partial charge in [-0.3, -0.25) is 9.80 Å². The largest absolute Gasteiger partial charge is 0.496 e. The number of hydrogen-bond acceptors (Lipinski definition) is 7. The van der Waals surface area contributed by atoms with Gasteiger partial charge in [-0.05, 0) is 56.2 Å². The first kappa shape index (κ1) is 35.4. The predicted octanol–water partition coefficient (Wildman–Crippen LogP) is 7.28. The first-order valence-electron chi connectivity index (χ1n) is 14.5. The van der Waals surface area contributed by atoms with Crippen molar-refractivity contribution < 1.29 is 54.9 Å². The summed E-state index contributed by atoms with van der Waals surface area (Å²) in [6, 6.07) is 2.74. The van der Waals surface area contributed by atoms with Gasteiger partial charge in [-0.1, -0.05) is 0 Å². The van der Waals surface area contributed by atoms with Gasteiger partial charge in [-0.2, -0.15) is 26.3 Å². The second-order valence-electron chi connectivity index (χ2n) is 10.8. The number of halogens is 6. The van der Waals surface area contributed by atoms with Gasteiger partial charge in [0.2, 0.25) is 0 Å². The van der Waals surface area contributed by atoms with Crippen molar-refractivity contribution in [3.8, 4) is 5.75 Å². The van der Waals surface area contributed by atoms with Crippen molar-refractivity contribution in [2.45, 2.75) is 64.3 Å². The Hall–Kier alpha value is -4.47. The summed E-state index contributed by atoms with van der Waals surface area (Å²) in [6.45, 7) is 3.08. The monoisotopic (exact) mass is 672 g/mol. The Morgan fingerprint density at radius 1 is 1.04 bits per heavy atom.